The van der Waals surface area contributed by atoms with Crippen molar-refractivity contribution in [3.8, 4) is 0 Å². The van der Waals surface area contributed by atoms with Crippen LogP contribution in [0.1, 0.15) is 29.3 Å². The van der Waals surface area contributed by atoms with Crippen LogP contribution in [0.5, 0.6) is 0 Å². The Hall–Kier alpha value is -4.33. The van der Waals surface area contributed by atoms with Gasteiger partial charge in [-0.15, -0.1) is 0 Å². The SMILES string of the molecule is CCNC(=O)NCCNc1cccc(CC(c2ccc(F)cc2)(c2cccnc2)c2cccnc2)n1. The summed E-state index contributed by atoms with van der Waals surface area (Å²) in [5, 5.41) is 8.76. The lowest BCUT2D eigenvalue weighted by Gasteiger charge is -2.35. The zero-order valence-electron chi connectivity index (χ0n) is 20.1. The number of halogens is 1. The molecule has 0 saturated carbocycles. The monoisotopic (exact) mass is 484 g/mol. The Labute approximate surface area is 210 Å². The van der Waals surface area contributed by atoms with Crippen molar-refractivity contribution in [2.24, 2.45) is 0 Å². The van der Waals surface area contributed by atoms with Crippen molar-refractivity contribution >= 4 is 11.8 Å². The van der Waals surface area contributed by atoms with Crippen LogP contribution in [-0.2, 0) is 11.8 Å². The number of urea groups is 1. The number of nitrogens with zero attached hydrogens (tertiary/aromatic N) is 3. The highest BCUT2D eigenvalue weighted by Gasteiger charge is 2.37. The van der Waals surface area contributed by atoms with Gasteiger partial charge in [-0.1, -0.05) is 30.3 Å². The Bertz CT molecular complexity index is 1210. The van der Waals surface area contributed by atoms with E-state index in [0.29, 0.717) is 31.9 Å². The van der Waals surface area contributed by atoms with Crippen LogP contribution in [-0.4, -0.2) is 40.6 Å². The molecule has 2 amide bonds. The number of hydrogen-bond acceptors (Lipinski definition) is 5. The third-order valence-electron chi connectivity index (χ3n) is 5.95. The Balaban J connectivity index is 1.68. The van der Waals surface area contributed by atoms with Crippen molar-refractivity contribution in [3.63, 3.8) is 0 Å². The lowest BCUT2D eigenvalue weighted by molar-refractivity contribution is 0.242. The van der Waals surface area contributed by atoms with Gasteiger partial charge in [0.15, 0.2) is 0 Å². The van der Waals surface area contributed by atoms with Crippen LogP contribution in [0.15, 0.2) is 91.5 Å². The molecule has 3 aromatic heterocycles. The van der Waals surface area contributed by atoms with Crippen LogP contribution in [0.25, 0.3) is 0 Å². The molecule has 8 heteroatoms. The van der Waals surface area contributed by atoms with E-state index in [1.54, 1.807) is 12.4 Å². The van der Waals surface area contributed by atoms with E-state index in [1.165, 1.54) is 12.1 Å². The Morgan fingerprint density at radius 1 is 0.833 bits per heavy atom. The fourth-order valence-corrected chi connectivity index (χ4v) is 4.31. The molecule has 3 heterocycles. The molecule has 36 heavy (non-hydrogen) atoms. The van der Waals surface area contributed by atoms with Crippen LogP contribution >= 0.6 is 0 Å². The third-order valence-corrected chi connectivity index (χ3v) is 5.95. The van der Waals surface area contributed by atoms with Gasteiger partial charge < -0.3 is 16.0 Å². The van der Waals surface area contributed by atoms with E-state index in [9.17, 15) is 9.18 Å². The molecule has 0 aliphatic rings. The summed E-state index contributed by atoms with van der Waals surface area (Å²) in [7, 11) is 0. The molecule has 3 N–H and O–H groups in total. The maximum absolute atomic E-state index is 13.9. The molecule has 4 rings (SSSR count). The van der Waals surface area contributed by atoms with Gasteiger partial charge in [-0.25, -0.2) is 14.2 Å². The Morgan fingerprint density at radius 2 is 1.53 bits per heavy atom. The summed E-state index contributed by atoms with van der Waals surface area (Å²) < 4.78 is 13.9. The maximum Gasteiger partial charge on any atom is 0.314 e. The quantitative estimate of drug-likeness (QED) is 0.292. The van der Waals surface area contributed by atoms with E-state index >= 15 is 0 Å². The van der Waals surface area contributed by atoms with E-state index in [0.717, 1.165) is 22.4 Å². The molecular weight excluding hydrogens is 455 g/mol. The van der Waals surface area contributed by atoms with E-state index in [4.69, 9.17) is 4.98 Å². The van der Waals surface area contributed by atoms with Crippen molar-refractivity contribution in [3.05, 3.63) is 120 Å². The topological polar surface area (TPSA) is 91.8 Å². The second-order valence-corrected chi connectivity index (χ2v) is 8.30. The van der Waals surface area contributed by atoms with E-state index in [1.807, 2.05) is 73.9 Å². The highest BCUT2D eigenvalue weighted by Crippen LogP contribution is 2.41. The second-order valence-electron chi connectivity index (χ2n) is 8.30. The van der Waals surface area contributed by atoms with Gasteiger partial charge in [-0.3, -0.25) is 9.97 Å². The molecule has 1 aromatic carbocycles. The van der Waals surface area contributed by atoms with Crippen LogP contribution in [0.4, 0.5) is 15.0 Å². The minimum Gasteiger partial charge on any atom is -0.368 e. The van der Waals surface area contributed by atoms with E-state index in [-0.39, 0.29) is 11.8 Å². The number of carbonyl (C=O) groups excluding carboxylic acids is 1. The molecule has 4 aromatic rings. The van der Waals surface area contributed by atoms with Crippen LogP contribution in [0, 0.1) is 5.82 Å². The highest BCUT2D eigenvalue weighted by molar-refractivity contribution is 5.73. The van der Waals surface area contributed by atoms with Gasteiger partial charge in [-0.2, -0.15) is 0 Å². The number of amides is 2. The van der Waals surface area contributed by atoms with Gasteiger partial charge >= 0.3 is 6.03 Å². The summed E-state index contributed by atoms with van der Waals surface area (Å²) in [6.45, 7) is 3.44. The van der Waals surface area contributed by atoms with Crippen molar-refractivity contribution < 1.29 is 9.18 Å². The van der Waals surface area contributed by atoms with Crippen molar-refractivity contribution in [1.82, 2.24) is 25.6 Å². The summed E-state index contributed by atoms with van der Waals surface area (Å²) in [6, 6.07) is 20.0. The first-order valence-corrected chi connectivity index (χ1v) is 11.9. The van der Waals surface area contributed by atoms with Gasteiger partial charge in [0.25, 0.3) is 0 Å². The number of aromatic nitrogens is 3. The molecule has 0 radical (unpaired) electrons. The number of rotatable bonds is 10. The smallest absolute Gasteiger partial charge is 0.314 e. The largest absolute Gasteiger partial charge is 0.368 e. The van der Waals surface area contributed by atoms with Gasteiger partial charge in [0.05, 0.1) is 5.41 Å². The highest BCUT2D eigenvalue weighted by atomic mass is 19.1. The molecule has 184 valence electrons. The summed E-state index contributed by atoms with van der Waals surface area (Å²) >= 11 is 0. The van der Waals surface area contributed by atoms with Crippen molar-refractivity contribution in [2.75, 3.05) is 25.0 Å². The molecule has 0 spiro atoms. The Kier molecular flexibility index (Phi) is 8.18. The summed E-state index contributed by atoms with van der Waals surface area (Å²) in [5.41, 5.74) is 2.97. The van der Waals surface area contributed by atoms with Crippen molar-refractivity contribution in [1.29, 1.82) is 0 Å². The molecule has 0 aliphatic carbocycles. The van der Waals surface area contributed by atoms with Gasteiger partial charge in [0.2, 0.25) is 0 Å². The molecule has 7 nitrogen and oxygen atoms in total. The number of anilines is 1. The minimum absolute atomic E-state index is 0.196. The molecule has 0 unspecified atom stereocenters. The van der Waals surface area contributed by atoms with E-state index < -0.39 is 5.41 Å². The number of carbonyl (C=O) groups is 1. The average Bonchev–Trinajstić information content (AvgIpc) is 2.92. The Morgan fingerprint density at radius 3 is 2.14 bits per heavy atom. The number of nitrogens with one attached hydrogen (secondary N) is 3. The lowest BCUT2D eigenvalue weighted by Crippen LogP contribution is -2.37. The fourth-order valence-electron chi connectivity index (χ4n) is 4.31. The normalized spacial score (nSPS) is 11.1. The van der Waals surface area contributed by atoms with Crippen molar-refractivity contribution in [2.45, 2.75) is 18.8 Å². The molecule has 0 atom stereocenters. The zero-order chi connectivity index (χ0) is 25.2. The molecular formula is C28H29FN6O. The lowest BCUT2D eigenvalue weighted by atomic mass is 9.67. The van der Waals surface area contributed by atoms with E-state index in [2.05, 4.69) is 25.9 Å². The molecule has 0 fully saturated rings. The van der Waals surface area contributed by atoms with Crippen LogP contribution < -0.4 is 16.0 Å². The van der Waals surface area contributed by atoms with Gasteiger partial charge in [0.1, 0.15) is 11.6 Å². The maximum atomic E-state index is 13.9. The number of pyridine rings is 3. The number of benzene rings is 1. The first-order chi connectivity index (χ1) is 17.6. The van der Waals surface area contributed by atoms with Crippen LogP contribution in [0.3, 0.4) is 0 Å². The third kappa shape index (κ3) is 5.83. The fraction of sp³-hybridized carbons (Fsp3) is 0.214. The first-order valence-electron chi connectivity index (χ1n) is 11.9. The minimum atomic E-state index is -0.693. The molecule has 0 aliphatic heterocycles. The second kappa shape index (κ2) is 11.9. The summed E-state index contributed by atoms with van der Waals surface area (Å²) in [6.07, 6.45) is 7.65. The predicted molar refractivity (Wildman–Crippen MR) is 138 cm³/mol. The summed E-state index contributed by atoms with van der Waals surface area (Å²) in [5.74, 6) is 0.408. The summed E-state index contributed by atoms with van der Waals surface area (Å²) in [4.78, 5) is 25.2. The standard InChI is InChI=1S/C28H29FN6O/c1-2-32-27(36)34-17-16-33-26-9-3-8-25(35-26)18-28(22-6-4-14-30-19-22,23-7-5-15-31-20-23)21-10-12-24(29)13-11-21/h3-15,19-20H,2,16-18H2,1H3,(H,33,35)(H2,32,34,36). The number of hydrogen-bond donors (Lipinski definition) is 3. The molecule has 0 saturated heterocycles. The van der Waals surface area contributed by atoms with Crippen LogP contribution in [0.2, 0.25) is 0 Å². The van der Waals surface area contributed by atoms with Gasteiger partial charge in [-0.05, 0) is 60.0 Å². The average molecular weight is 485 g/mol. The molecule has 0 bridgehead atoms. The van der Waals surface area contributed by atoms with Gasteiger partial charge in [0, 0.05) is 56.5 Å². The zero-order valence-corrected chi connectivity index (χ0v) is 20.1. The first kappa shape index (κ1) is 24.8. The predicted octanol–water partition coefficient (Wildman–Crippen LogP) is 4.32.